The molecule has 0 saturated heterocycles. The SMILES string of the molecule is CN/C=C\C(=N)NC(=O)c1cc(Oc2cnc(C(=O)O)cn2)c2c(c1)OC(C)(C)C2. The zero-order chi connectivity index (χ0) is 21.9. The molecule has 0 saturated carbocycles. The lowest BCUT2D eigenvalue weighted by atomic mass is 9.99. The van der Waals surface area contributed by atoms with Crippen LogP contribution in [0.25, 0.3) is 0 Å². The Morgan fingerprint density at radius 1 is 1.30 bits per heavy atom. The van der Waals surface area contributed by atoms with Crippen molar-refractivity contribution in [3.8, 4) is 17.4 Å². The summed E-state index contributed by atoms with van der Waals surface area (Å²) in [6, 6.07) is 3.13. The number of nitrogens with zero attached hydrogens (tertiary/aromatic N) is 2. The molecular weight excluding hydrogens is 390 g/mol. The van der Waals surface area contributed by atoms with Crippen LogP contribution in [-0.4, -0.2) is 45.4 Å². The lowest BCUT2D eigenvalue weighted by Crippen LogP contribution is -2.28. The van der Waals surface area contributed by atoms with Crippen molar-refractivity contribution in [2.45, 2.75) is 25.9 Å². The van der Waals surface area contributed by atoms with Crippen molar-refractivity contribution < 1.29 is 24.2 Å². The number of rotatable bonds is 6. The van der Waals surface area contributed by atoms with Crippen LogP contribution in [0.1, 0.15) is 40.3 Å². The van der Waals surface area contributed by atoms with Gasteiger partial charge in [-0.05, 0) is 38.3 Å². The number of amides is 1. The van der Waals surface area contributed by atoms with Crippen LogP contribution in [0.4, 0.5) is 0 Å². The topological polar surface area (TPSA) is 147 Å². The molecule has 0 spiro atoms. The van der Waals surface area contributed by atoms with Gasteiger partial charge in [0.15, 0.2) is 5.69 Å². The molecule has 2 heterocycles. The van der Waals surface area contributed by atoms with Crippen LogP contribution in [0.15, 0.2) is 36.8 Å². The van der Waals surface area contributed by atoms with Crippen molar-refractivity contribution in [2.24, 2.45) is 0 Å². The van der Waals surface area contributed by atoms with E-state index in [1.54, 1.807) is 13.1 Å². The minimum Gasteiger partial charge on any atom is -0.487 e. The van der Waals surface area contributed by atoms with Crippen molar-refractivity contribution in [1.29, 1.82) is 5.41 Å². The molecule has 1 aliphatic heterocycles. The number of nitrogens with one attached hydrogen (secondary N) is 3. The quantitative estimate of drug-likeness (QED) is 0.417. The van der Waals surface area contributed by atoms with E-state index in [2.05, 4.69) is 20.6 Å². The van der Waals surface area contributed by atoms with Crippen LogP contribution in [0.3, 0.4) is 0 Å². The maximum atomic E-state index is 12.6. The summed E-state index contributed by atoms with van der Waals surface area (Å²) in [4.78, 5) is 31.3. The average Bonchev–Trinajstić information content (AvgIpc) is 3.01. The van der Waals surface area contributed by atoms with E-state index in [0.717, 1.165) is 11.8 Å². The number of fused-ring (bicyclic) bond motifs is 1. The molecule has 0 aliphatic carbocycles. The maximum absolute atomic E-state index is 12.6. The van der Waals surface area contributed by atoms with Gasteiger partial charge in [0.1, 0.15) is 22.9 Å². The van der Waals surface area contributed by atoms with Gasteiger partial charge in [-0.3, -0.25) is 10.2 Å². The number of carboxylic acid groups (broad SMARTS) is 1. The summed E-state index contributed by atoms with van der Waals surface area (Å²) in [5.41, 5.74) is 0.291. The number of benzene rings is 1. The minimum absolute atomic E-state index is 0.0779. The highest BCUT2D eigenvalue weighted by Gasteiger charge is 2.34. The number of ether oxygens (including phenoxy) is 2. The van der Waals surface area contributed by atoms with Gasteiger partial charge in [-0.25, -0.2) is 14.8 Å². The van der Waals surface area contributed by atoms with Crippen LogP contribution >= 0.6 is 0 Å². The Hall–Kier alpha value is -3.95. The van der Waals surface area contributed by atoms with E-state index in [9.17, 15) is 9.59 Å². The molecule has 4 N–H and O–H groups in total. The molecule has 1 amide bonds. The van der Waals surface area contributed by atoms with E-state index in [-0.39, 0.29) is 23.0 Å². The molecule has 10 nitrogen and oxygen atoms in total. The van der Waals surface area contributed by atoms with Gasteiger partial charge >= 0.3 is 5.97 Å². The minimum atomic E-state index is -1.20. The summed E-state index contributed by atoms with van der Waals surface area (Å²) in [7, 11) is 1.68. The number of aromatic nitrogens is 2. The molecule has 0 radical (unpaired) electrons. The predicted molar refractivity (Wildman–Crippen MR) is 107 cm³/mol. The highest BCUT2D eigenvalue weighted by atomic mass is 16.5. The third kappa shape index (κ3) is 4.72. The average molecular weight is 411 g/mol. The highest BCUT2D eigenvalue weighted by Crippen LogP contribution is 2.42. The van der Waals surface area contributed by atoms with Crippen LogP contribution in [0.2, 0.25) is 0 Å². The molecule has 2 aromatic rings. The van der Waals surface area contributed by atoms with Gasteiger partial charge in [-0.2, -0.15) is 0 Å². The number of carbonyl (C=O) groups excluding carboxylic acids is 1. The molecule has 0 unspecified atom stereocenters. The normalized spacial score (nSPS) is 14.0. The summed E-state index contributed by atoms with van der Waals surface area (Å²) in [6.45, 7) is 3.83. The van der Waals surface area contributed by atoms with E-state index >= 15 is 0 Å². The number of aromatic carboxylic acids is 1. The Morgan fingerprint density at radius 2 is 2.07 bits per heavy atom. The summed E-state index contributed by atoms with van der Waals surface area (Å²) in [6.07, 6.45) is 5.75. The zero-order valence-electron chi connectivity index (χ0n) is 16.6. The number of hydrogen-bond donors (Lipinski definition) is 4. The number of amidine groups is 1. The zero-order valence-corrected chi connectivity index (χ0v) is 16.6. The molecule has 30 heavy (non-hydrogen) atoms. The second-order valence-electron chi connectivity index (χ2n) is 7.13. The van der Waals surface area contributed by atoms with E-state index in [1.165, 1.54) is 24.5 Å². The first-order valence-electron chi connectivity index (χ1n) is 9.01. The fraction of sp³-hybridized carbons (Fsp3) is 0.250. The molecule has 0 atom stereocenters. The maximum Gasteiger partial charge on any atom is 0.356 e. The third-order valence-corrected chi connectivity index (χ3v) is 4.15. The Labute approximate surface area is 172 Å². The summed E-state index contributed by atoms with van der Waals surface area (Å²) in [5.74, 6) is -0.872. The Balaban J connectivity index is 1.92. The predicted octanol–water partition coefficient (Wildman–Crippen LogP) is 2.12. The standard InChI is InChI=1S/C20H21N5O5/c1-20(2)8-12-14(29-17-10-23-13(9-24-17)19(27)28)6-11(7-15(12)30-20)18(26)25-16(21)4-5-22-3/h4-7,9-10,22H,8H2,1-3H3,(H,27,28)(H2,21,25,26)/b5-4-. The monoisotopic (exact) mass is 411 g/mol. The summed E-state index contributed by atoms with van der Waals surface area (Å²) < 4.78 is 11.7. The van der Waals surface area contributed by atoms with E-state index in [0.29, 0.717) is 17.9 Å². The molecule has 0 fully saturated rings. The van der Waals surface area contributed by atoms with E-state index in [1.807, 2.05) is 13.8 Å². The summed E-state index contributed by atoms with van der Waals surface area (Å²) in [5, 5.41) is 21.9. The van der Waals surface area contributed by atoms with Crippen molar-refractivity contribution in [1.82, 2.24) is 20.6 Å². The third-order valence-electron chi connectivity index (χ3n) is 4.15. The fourth-order valence-corrected chi connectivity index (χ4v) is 2.86. The van der Waals surface area contributed by atoms with Crippen molar-refractivity contribution >= 4 is 17.7 Å². The Kier molecular flexibility index (Phi) is 5.67. The first-order valence-corrected chi connectivity index (χ1v) is 9.01. The molecule has 1 aliphatic rings. The van der Waals surface area contributed by atoms with Gasteiger partial charge in [0.05, 0.1) is 12.4 Å². The van der Waals surface area contributed by atoms with E-state index in [4.69, 9.17) is 20.0 Å². The van der Waals surface area contributed by atoms with Crippen molar-refractivity contribution in [2.75, 3.05) is 7.05 Å². The lowest BCUT2D eigenvalue weighted by Gasteiger charge is -2.16. The van der Waals surface area contributed by atoms with Gasteiger partial charge in [0, 0.05) is 24.6 Å². The van der Waals surface area contributed by atoms with Crippen molar-refractivity contribution in [3.05, 3.63) is 53.6 Å². The number of carboxylic acids is 1. The van der Waals surface area contributed by atoms with Gasteiger partial charge in [-0.15, -0.1) is 0 Å². The van der Waals surface area contributed by atoms with Crippen LogP contribution in [0, 0.1) is 5.41 Å². The second-order valence-corrected chi connectivity index (χ2v) is 7.13. The van der Waals surface area contributed by atoms with E-state index < -0.39 is 17.5 Å². The van der Waals surface area contributed by atoms with Crippen LogP contribution in [0.5, 0.6) is 17.4 Å². The molecule has 10 heteroatoms. The van der Waals surface area contributed by atoms with Gasteiger partial charge in [0.25, 0.3) is 5.91 Å². The largest absolute Gasteiger partial charge is 0.487 e. The van der Waals surface area contributed by atoms with Crippen LogP contribution in [-0.2, 0) is 6.42 Å². The number of carbonyl (C=O) groups is 2. The van der Waals surface area contributed by atoms with Gasteiger partial charge in [0.2, 0.25) is 5.88 Å². The van der Waals surface area contributed by atoms with Crippen molar-refractivity contribution in [3.63, 3.8) is 0 Å². The first kappa shape index (κ1) is 20.8. The van der Waals surface area contributed by atoms with Gasteiger partial charge in [-0.1, -0.05) is 0 Å². The molecule has 1 aromatic heterocycles. The Morgan fingerprint density at radius 3 is 2.70 bits per heavy atom. The van der Waals surface area contributed by atoms with Crippen LogP contribution < -0.4 is 20.1 Å². The molecule has 0 bridgehead atoms. The first-order chi connectivity index (χ1) is 14.2. The molecule has 156 valence electrons. The molecular formula is C20H21N5O5. The molecule has 1 aromatic carbocycles. The summed E-state index contributed by atoms with van der Waals surface area (Å²) >= 11 is 0. The smallest absolute Gasteiger partial charge is 0.356 e. The fourth-order valence-electron chi connectivity index (χ4n) is 2.86. The second kappa shape index (κ2) is 8.19. The van der Waals surface area contributed by atoms with Gasteiger partial charge < -0.3 is 25.2 Å². The highest BCUT2D eigenvalue weighted by molar-refractivity contribution is 6.09. The Bertz CT molecular complexity index is 1030. The lowest BCUT2D eigenvalue weighted by molar-refractivity contribution is 0.0689. The molecule has 3 rings (SSSR count). The number of hydrogen-bond acceptors (Lipinski definition) is 8.